The Morgan fingerprint density at radius 2 is 1.86 bits per heavy atom. The Bertz CT molecular complexity index is 690. The zero-order chi connectivity index (χ0) is 18.9. The molecule has 0 aromatic heterocycles. The molecule has 0 aliphatic carbocycles. The minimum atomic E-state index is -0.203. The minimum Gasteiger partial charge on any atom is -0.352 e. The van der Waals surface area contributed by atoms with E-state index in [9.17, 15) is 9.59 Å². The second-order valence-electron chi connectivity index (χ2n) is 8.48. The van der Waals surface area contributed by atoms with Crippen molar-refractivity contribution in [3.63, 3.8) is 0 Å². The maximum atomic E-state index is 13.3. The molecule has 3 aliphatic rings. The standard InChI is InChI=1S/C22H31N3O2.ClH/c1-2-22(14-18-8-9-19(22)24-18)21(27)25-12-10-17(11-13-25)20(26)23-15-16-6-4-3-5-7-16;/h3-7,17-19,24H,2,8-15H2,1H3,(H,23,26);1H/t18-,19+,22+;/m0./s1. The third-order valence-electron chi connectivity index (χ3n) is 7.04. The predicted molar refractivity (Wildman–Crippen MR) is 112 cm³/mol. The van der Waals surface area contributed by atoms with Gasteiger partial charge >= 0.3 is 0 Å². The molecule has 2 bridgehead atoms. The van der Waals surface area contributed by atoms with Crippen LogP contribution in [0.4, 0.5) is 0 Å². The molecule has 154 valence electrons. The number of fused-ring (bicyclic) bond motifs is 2. The number of carbonyl (C=O) groups is 2. The molecule has 28 heavy (non-hydrogen) atoms. The lowest BCUT2D eigenvalue weighted by atomic mass is 9.70. The number of benzene rings is 1. The average molecular weight is 406 g/mol. The quantitative estimate of drug-likeness (QED) is 0.791. The number of likely N-dealkylation sites (tertiary alicyclic amines) is 1. The highest BCUT2D eigenvalue weighted by atomic mass is 35.5. The van der Waals surface area contributed by atoms with Crippen LogP contribution >= 0.6 is 12.4 Å². The summed E-state index contributed by atoms with van der Waals surface area (Å²) in [5, 5.41) is 6.69. The van der Waals surface area contributed by atoms with Crippen LogP contribution in [0.25, 0.3) is 0 Å². The van der Waals surface area contributed by atoms with E-state index in [1.54, 1.807) is 0 Å². The minimum absolute atomic E-state index is 0. The van der Waals surface area contributed by atoms with Crippen molar-refractivity contribution in [1.29, 1.82) is 0 Å². The van der Waals surface area contributed by atoms with Gasteiger partial charge < -0.3 is 15.5 Å². The molecular weight excluding hydrogens is 374 g/mol. The van der Waals surface area contributed by atoms with Gasteiger partial charge in [0.1, 0.15) is 0 Å². The summed E-state index contributed by atoms with van der Waals surface area (Å²) in [6, 6.07) is 10.9. The largest absolute Gasteiger partial charge is 0.352 e. The summed E-state index contributed by atoms with van der Waals surface area (Å²) < 4.78 is 0. The molecule has 2 N–H and O–H groups in total. The molecule has 0 spiro atoms. The van der Waals surface area contributed by atoms with Crippen molar-refractivity contribution < 1.29 is 9.59 Å². The summed E-state index contributed by atoms with van der Waals surface area (Å²) in [4.78, 5) is 27.9. The zero-order valence-electron chi connectivity index (χ0n) is 16.7. The Kier molecular flexibility index (Phi) is 6.66. The Labute approximate surface area is 174 Å². The van der Waals surface area contributed by atoms with Gasteiger partial charge in [-0.15, -0.1) is 12.4 Å². The number of rotatable bonds is 5. The van der Waals surface area contributed by atoms with Crippen LogP contribution in [0.2, 0.25) is 0 Å². The number of nitrogens with one attached hydrogen (secondary N) is 2. The fourth-order valence-electron chi connectivity index (χ4n) is 5.37. The number of piperidine rings is 1. The van der Waals surface area contributed by atoms with Crippen LogP contribution in [0.5, 0.6) is 0 Å². The summed E-state index contributed by atoms with van der Waals surface area (Å²) >= 11 is 0. The van der Waals surface area contributed by atoms with Gasteiger partial charge in [0.2, 0.25) is 11.8 Å². The molecule has 0 radical (unpaired) electrons. The first kappa shape index (κ1) is 21.1. The maximum absolute atomic E-state index is 13.3. The molecule has 1 aromatic rings. The van der Waals surface area contributed by atoms with Crippen LogP contribution in [0.15, 0.2) is 30.3 Å². The van der Waals surface area contributed by atoms with Crippen molar-refractivity contribution in [2.24, 2.45) is 11.3 Å². The Hall–Kier alpha value is -1.59. The van der Waals surface area contributed by atoms with Crippen molar-refractivity contribution in [2.45, 2.75) is 64.1 Å². The molecule has 0 unspecified atom stereocenters. The van der Waals surface area contributed by atoms with E-state index >= 15 is 0 Å². The lowest BCUT2D eigenvalue weighted by Crippen LogP contribution is -2.52. The molecule has 3 fully saturated rings. The predicted octanol–water partition coefficient (Wildman–Crippen LogP) is 2.88. The van der Waals surface area contributed by atoms with E-state index in [0.29, 0.717) is 37.6 Å². The van der Waals surface area contributed by atoms with Crippen LogP contribution in [0.3, 0.4) is 0 Å². The van der Waals surface area contributed by atoms with E-state index in [0.717, 1.165) is 37.7 Å². The summed E-state index contributed by atoms with van der Waals surface area (Å²) in [6.45, 7) is 4.15. The molecule has 0 saturated carbocycles. The van der Waals surface area contributed by atoms with Crippen LogP contribution in [0, 0.1) is 11.3 Å². The SMILES string of the molecule is CC[C@@]1(C(=O)N2CCC(C(=O)NCc3ccccc3)CC2)C[C@@H]2CC[C@H]1N2.Cl. The first-order valence-electron chi connectivity index (χ1n) is 10.5. The molecule has 5 nitrogen and oxygen atoms in total. The first-order valence-corrected chi connectivity index (χ1v) is 10.5. The highest BCUT2D eigenvalue weighted by Crippen LogP contribution is 2.47. The topological polar surface area (TPSA) is 61.4 Å². The van der Waals surface area contributed by atoms with E-state index in [2.05, 4.69) is 17.6 Å². The highest BCUT2D eigenvalue weighted by Gasteiger charge is 2.55. The van der Waals surface area contributed by atoms with Gasteiger partial charge in [0.15, 0.2) is 0 Å². The summed E-state index contributed by atoms with van der Waals surface area (Å²) in [5.74, 6) is 0.471. The monoisotopic (exact) mass is 405 g/mol. The van der Waals surface area contributed by atoms with E-state index in [4.69, 9.17) is 0 Å². The lowest BCUT2D eigenvalue weighted by Gasteiger charge is -2.41. The molecule has 3 heterocycles. The molecule has 3 saturated heterocycles. The van der Waals surface area contributed by atoms with E-state index in [1.165, 1.54) is 6.42 Å². The van der Waals surface area contributed by atoms with Gasteiger partial charge in [0.25, 0.3) is 0 Å². The molecule has 2 amide bonds. The van der Waals surface area contributed by atoms with Gasteiger partial charge in [0.05, 0.1) is 5.41 Å². The van der Waals surface area contributed by atoms with Crippen LogP contribution in [0.1, 0.15) is 51.0 Å². The van der Waals surface area contributed by atoms with E-state index in [-0.39, 0.29) is 29.6 Å². The number of nitrogens with zero attached hydrogens (tertiary/aromatic N) is 1. The zero-order valence-corrected chi connectivity index (χ0v) is 17.5. The van der Waals surface area contributed by atoms with Gasteiger partial charge in [-0.05, 0) is 44.1 Å². The molecular formula is C22H32ClN3O2. The van der Waals surface area contributed by atoms with Gasteiger partial charge in [-0.1, -0.05) is 37.3 Å². The molecule has 6 heteroatoms. The second-order valence-corrected chi connectivity index (χ2v) is 8.48. The number of carbonyl (C=O) groups excluding carboxylic acids is 2. The molecule has 3 aliphatic heterocycles. The van der Waals surface area contributed by atoms with E-state index in [1.807, 2.05) is 35.2 Å². The van der Waals surface area contributed by atoms with Crippen LogP contribution in [-0.4, -0.2) is 41.9 Å². The molecule has 3 atom stereocenters. The number of amides is 2. The summed E-state index contributed by atoms with van der Waals surface area (Å²) in [6.07, 6.45) is 5.79. The van der Waals surface area contributed by atoms with Gasteiger partial charge in [-0.3, -0.25) is 9.59 Å². The van der Waals surface area contributed by atoms with Crippen molar-refractivity contribution in [3.8, 4) is 0 Å². The number of halogens is 1. The van der Waals surface area contributed by atoms with Gasteiger partial charge in [-0.25, -0.2) is 0 Å². The lowest BCUT2D eigenvalue weighted by molar-refractivity contribution is -0.146. The Balaban J connectivity index is 0.00000225. The van der Waals surface area contributed by atoms with Gasteiger partial charge in [0, 0.05) is 37.6 Å². The van der Waals surface area contributed by atoms with Crippen molar-refractivity contribution in [3.05, 3.63) is 35.9 Å². The van der Waals surface area contributed by atoms with E-state index < -0.39 is 0 Å². The smallest absolute Gasteiger partial charge is 0.230 e. The van der Waals surface area contributed by atoms with Crippen LogP contribution < -0.4 is 10.6 Å². The van der Waals surface area contributed by atoms with Crippen LogP contribution in [-0.2, 0) is 16.1 Å². The fourth-order valence-corrected chi connectivity index (χ4v) is 5.37. The molecule has 4 rings (SSSR count). The first-order chi connectivity index (χ1) is 13.1. The second kappa shape index (κ2) is 8.83. The Morgan fingerprint density at radius 1 is 1.14 bits per heavy atom. The number of hydrogen-bond donors (Lipinski definition) is 2. The maximum Gasteiger partial charge on any atom is 0.230 e. The number of hydrogen-bond acceptors (Lipinski definition) is 3. The van der Waals surface area contributed by atoms with Crippen molar-refractivity contribution in [2.75, 3.05) is 13.1 Å². The Morgan fingerprint density at radius 3 is 2.43 bits per heavy atom. The summed E-state index contributed by atoms with van der Waals surface area (Å²) in [5.41, 5.74) is 0.915. The fraction of sp³-hybridized carbons (Fsp3) is 0.636. The molecule has 1 aromatic carbocycles. The average Bonchev–Trinajstić information content (AvgIpc) is 3.34. The third kappa shape index (κ3) is 3.92. The van der Waals surface area contributed by atoms with Crippen molar-refractivity contribution >= 4 is 24.2 Å². The van der Waals surface area contributed by atoms with Crippen molar-refractivity contribution in [1.82, 2.24) is 15.5 Å². The normalized spacial score (nSPS) is 29.4. The summed E-state index contributed by atoms with van der Waals surface area (Å²) in [7, 11) is 0. The van der Waals surface area contributed by atoms with Gasteiger partial charge in [-0.2, -0.15) is 0 Å². The third-order valence-corrected chi connectivity index (χ3v) is 7.04. The highest BCUT2D eigenvalue weighted by molar-refractivity contribution is 5.85.